The van der Waals surface area contributed by atoms with Gasteiger partial charge in [-0.15, -0.1) is 0 Å². The molecule has 1 aliphatic heterocycles. The number of aromatic nitrogens is 1. The van der Waals surface area contributed by atoms with Gasteiger partial charge in [-0.3, -0.25) is 14.6 Å². The number of pyridine rings is 1. The number of nitrogens with zero attached hydrogens (tertiary/aromatic N) is 2. The number of likely N-dealkylation sites (tertiary alicyclic amines) is 1. The molecule has 7 heteroatoms. The van der Waals surface area contributed by atoms with Crippen LogP contribution in [-0.2, 0) is 22.7 Å². The SMILES string of the molecule is O=C1C(=O)N(Cc2ccco2)C(c2cccc(OCc3ccccc3)c2)/C1=C(\O)c1ccncc1. The monoisotopic (exact) mass is 466 g/mol. The number of hydrogen-bond donors (Lipinski definition) is 1. The number of amides is 1. The van der Waals surface area contributed by atoms with Crippen molar-refractivity contribution in [3.63, 3.8) is 0 Å². The first kappa shape index (κ1) is 22.2. The number of aliphatic hydroxyl groups excluding tert-OH is 1. The summed E-state index contributed by atoms with van der Waals surface area (Å²) in [5.74, 6) is -0.617. The molecule has 0 saturated carbocycles. The fourth-order valence-corrected chi connectivity index (χ4v) is 4.14. The Balaban J connectivity index is 1.55. The maximum atomic E-state index is 13.2. The van der Waals surface area contributed by atoms with Crippen LogP contribution < -0.4 is 4.74 Å². The van der Waals surface area contributed by atoms with Gasteiger partial charge in [0.05, 0.1) is 24.4 Å². The molecule has 2 aromatic carbocycles. The second-order valence-electron chi connectivity index (χ2n) is 8.09. The minimum Gasteiger partial charge on any atom is -0.507 e. The van der Waals surface area contributed by atoms with Crippen molar-refractivity contribution in [3.8, 4) is 5.75 Å². The Morgan fingerprint density at radius 2 is 1.77 bits per heavy atom. The third kappa shape index (κ3) is 4.56. The maximum Gasteiger partial charge on any atom is 0.296 e. The largest absolute Gasteiger partial charge is 0.507 e. The molecule has 174 valence electrons. The normalized spacial score (nSPS) is 17.0. The van der Waals surface area contributed by atoms with Crippen LogP contribution in [0.25, 0.3) is 5.76 Å². The minimum absolute atomic E-state index is 0.00738. The molecule has 5 rings (SSSR count). The van der Waals surface area contributed by atoms with Gasteiger partial charge in [0.15, 0.2) is 0 Å². The smallest absolute Gasteiger partial charge is 0.296 e. The zero-order valence-corrected chi connectivity index (χ0v) is 18.7. The van der Waals surface area contributed by atoms with Crippen LogP contribution in [0.15, 0.2) is 108 Å². The van der Waals surface area contributed by atoms with Crippen molar-refractivity contribution in [2.75, 3.05) is 0 Å². The molecule has 0 spiro atoms. The van der Waals surface area contributed by atoms with Crippen molar-refractivity contribution in [3.05, 3.63) is 126 Å². The predicted molar refractivity (Wildman–Crippen MR) is 128 cm³/mol. The van der Waals surface area contributed by atoms with Gasteiger partial charge < -0.3 is 19.2 Å². The molecule has 4 aromatic rings. The van der Waals surface area contributed by atoms with Gasteiger partial charge in [0.2, 0.25) is 0 Å². The summed E-state index contributed by atoms with van der Waals surface area (Å²) in [7, 11) is 0. The van der Waals surface area contributed by atoms with Gasteiger partial charge in [-0.2, -0.15) is 0 Å². The maximum absolute atomic E-state index is 13.2. The third-order valence-corrected chi connectivity index (χ3v) is 5.82. The van der Waals surface area contributed by atoms with E-state index in [1.54, 1.807) is 42.5 Å². The molecule has 1 aliphatic rings. The molecule has 0 radical (unpaired) electrons. The van der Waals surface area contributed by atoms with Crippen molar-refractivity contribution in [2.24, 2.45) is 0 Å². The molecule has 35 heavy (non-hydrogen) atoms. The summed E-state index contributed by atoms with van der Waals surface area (Å²) in [5, 5.41) is 11.1. The number of Topliss-reactive ketones (excluding diaryl/α,β-unsaturated/α-hetero) is 1. The van der Waals surface area contributed by atoms with Crippen molar-refractivity contribution in [1.82, 2.24) is 9.88 Å². The highest BCUT2D eigenvalue weighted by Gasteiger charge is 2.46. The Morgan fingerprint density at radius 3 is 2.51 bits per heavy atom. The van der Waals surface area contributed by atoms with E-state index in [1.807, 2.05) is 36.4 Å². The van der Waals surface area contributed by atoms with E-state index in [9.17, 15) is 14.7 Å². The fourth-order valence-electron chi connectivity index (χ4n) is 4.14. The molecule has 1 atom stereocenters. The average molecular weight is 466 g/mol. The van der Waals surface area contributed by atoms with Crippen LogP contribution in [0.1, 0.15) is 28.5 Å². The fraction of sp³-hybridized carbons (Fsp3) is 0.107. The Bertz CT molecular complexity index is 1370. The predicted octanol–water partition coefficient (Wildman–Crippen LogP) is 4.88. The Hall–Kier alpha value is -4.65. The van der Waals surface area contributed by atoms with Crippen LogP contribution >= 0.6 is 0 Å². The lowest BCUT2D eigenvalue weighted by atomic mass is 9.95. The zero-order chi connectivity index (χ0) is 24.2. The van der Waals surface area contributed by atoms with Crippen LogP contribution in [0.3, 0.4) is 0 Å². The molecule has 2 aromatic heterocycles. The van der Waals surface area contributed by atoms with E-state index >= 15 is 0 Å². The van der Waals surface area contributed by atoms with Gasteiger partial charge in [0.25, 0.3) is 11.7 Å². The second-order valence-corrected chi connectivity index (χ2v) is 8.09. The summed E-state index contributed by atoms with van der Waals surface area (Å²) < 4.78 is 11.4. The first-order chi connectivity index (χ1) is 17.1. The van der Waals surface area contributed by atoms with E-state index in [-0.39, 0.29) is 17.9 Å². The van der Waals surface area contributed by atoms with Crippen LogP contribution in [-0.4, -0.2) is 26.7 Å². The van der Waals surface area contributed by atoms with Crippen molar-refractivity contribution in [2.45, 2.75) is 19.2 Å². The number of carbonyl (C=O) groups excluding carboxylic acids is 2. The van der Waals surface area contributed by atoms with Crippen molar-refractivity contribution < 1.29 is 23.8 Å². The first-order valence-corrected chi connectivity index (χ1v) is 11.1. The van der Waals surface area contributed by atoms with E-state index in [4.69, 9.17) is 9.15 Å². The Labute approximate surface area is 201 Å². The summed E-state index contributed by atoms with van der Waals surface area (Å²) >= 11 is 0. The number of rotatable bonds is 7. The molecule has 3 heterocycles. The summed E-state index contributed by atoms with van der Waals surface area (Å²) in [6.45, 7) is 0.443. The summed E-state index contributed by atoms with van der Waals surface area (Å²) in [6, 6.07) is 22.8. The molecule has 7 nitrogen and oxygen atoms in total. The van der Waals surface area contributed by atoms with Gasteiger partial charge in [-0.25, -0.2) is 0 Å². The van der Waals surface area contributed by atoms with Gasteiger partial charge in [-0.05, 0) is 47.5 Å². The van der Waals surface area contributed by atoms with Gasteiger partial charge in [-0.1, -0.05) is 42.5 Å². The van der Waals surface area contributed by atoms with E-state index in [0.29, 0.717) is 29.2 Å². The molecular formula is C28H22N2O5. The van der Waals surface area contributed by atoms with E-state index in [1.165, 1.54) is 23.6 Å². The van der Waals surface area contributed by atoms with Crippen LogP contribution in [0, 0.1) is 0 Å². The first-order valence-electron chi connectivity index (χ1n) is 11.1. The summed E-state index contributed by atoms with van der Waals surface area (Å²) in [4.78, 5) is 31.6. The number of carbonyl (C=O) groups is 2. The Morgan fingerprint density at radius 1 is 0.971 bits per heavy atom. The number of benzene rings is 2. The third-order valence-electron chi connectivity index (χ3n) is 5.82. The molecule has 1 unspecified atom stereocenters. The van der Waals surface area contributed by atoms with Crippen molar-refractivity contribution in [1.29, 1.82) is 0 Å². The topological polar surface area (TPSA) is 92.9 Å². The Kier molecular flexibility index (Phi) is 6.13. The lowest BCUT2D eigenvalue weighted by Crippen LogP contribution is -2.29. The number of ketones is 1. The number of aliphatic hydroxyl groups is 1. The van der Waals surface area contributed by atoms with Crippen LogP contribution in [0.4, 0.5) is 0 Å². The average Bonchev–Trinajstić information content (AvgIpc) is 3.51. The quantitative estimate of drug-likeness (QED) is 0.237. The van der Waals surface area contributed by atoms with E-state index < -0.39 is 17.7 Å². The minimum atomic E-state index is -0.825. The van der Waals surface area contributed by atoms with Crippen molar-refractivity contribution >= 4 is 17.4 Å². The second kappa shape index (κ2) is 9.69. The molecule has 1 fully saturated rings. The van der Waals surface area contributed by atoms with Gasteiger partial charge >= 0.3 is 0 Å². The highest BCUT2D eigenvalue weighted by atomic mass is 16.5. The summed E-state index contributed by atoms with van der Waals surface area (Å²) in [5.41, 5.74) is 2.06. The molecule has 1 amide bonds. The lowest BCUT2D eigenvalue weighted by Gasteiger charge is -2.25. The van der Waals surface area contributed by atoms with Crippen LogP contribution in [0.5, 0.6) is 5.75 Å². The standard InChI is InChI=1S/C28H22N2O5/c31-26(20-11-13-29-14-12-20)24-25(30(28(33)27(24)32)17-23-10-5-15-34-23)21-8-4-9-22(16-21)35-18-19-6-2-1-3-7-19/h1-16,25,31H,17-18H2/b26-24+. The highest BCUT2D eigenvalue weighted by molar-refractivity contribution is 6.46. The lowest BCUT2D eigenvalue weighted by molar-refractivity contribution is -0.140. The van der Waals surface area contributed by atoms with E-state index in [0.717, 1.165) is 5.56 Å². The van der Waals surface area contributed by atoms with E-state index in [2.05, 4.69) is 4.98 Å². The molecule has 0 bridgehead atoms. The molecule has 0 aliphatic carbocycles. The van der Waals surface area contributed by atoms with Gasteiger partial charge in [0.1, 0.15) is 23.9 Å². The number of hydrogen-bond acceptors (Lipinski definition) is 6. The highest BCUT2D eigenvalue weighted by Crippen LogP contribution is 2.41. The van der Waals surface area contributed by atoms with Crippen LogP contribution in [0.2, 0.25) is 0 Å². The number of ether oxygens (including phenoxy) is 1. The molecular weight excluding hydrogens is 444 g/mol. The summed E-state index contributed by atoms with van der Waals surface area (Å²) in [6.07, 6.45) is 4.54. The molecule has 1 saturated heterocycles. The molecule has 1 N–H and O–H groups in total. The van der Waals surface area contributed by atoms with Gasteiger partial charge in [0, 0.05) is 18.0 Å². The zero-order valence-electron chi connectivity index (χ0n) is 18.7. The number of furan rings is 1.